The minimum Gasteiger partial charge on any atom is -0.386 e. The van der Waals surface area contributed by atoms with Gasteiger partial charge < -0.3 is 10.2 Å². The van der Waals surface area contributed by atoms with Gasteiger partial charge in [0.2, 0.25) is 12.1 Å². The van der Waals surface area contributed by atoms with Crippen LogP contribution in [0.1, 0.15) is 33.1 Å². The number of rotatable bonds is 8. The number of nitro groups is 2. The molecule has 100 valence electrons. The maximum atomic E-state index is 10.3. The van der Waals surface area contributed by atoms with Gasteiger partial charge >= 0.3 is 0 Å². The summed E-state index contributed by atoms with van der Waals surface area (Å²) in [6, 6.07) is -2.14. The van der Waals surface area contributed by atoms with E-state index >= 15 is 0 Å². The van der Waals surface area contributed by atoms with Crippen molar-refractivity contribution in [2.45, 2.75) is 57.4 Å². The van der Waals surface area contributed by atoms with Crippen LogP contribution in [-0.2, 0) is 0 Å². The highest BCUT2D eigenvalue weighted by atomic mass is 16.6. The minimum absolute atomic E-state index is 0.143. The van der Waals surface area contributed by atoms with Gasteiger partial charge in [0.1, 0.15) is 12.2 Å². The molecule has 0 aliphatic heterocycles. The zero-order valence-electron chi connectivity index (χ0n) is 9.85. The molecule has 8 heteroatoms. The first kappa shape index (κ1) is 15.7. The summed E-state index contributed by atoms with van der Waals surface area (Å²) < 4.78 is 0. The Kier molecular flexibility index (Phi) is 6.59. The van der Waals surface area contributed by atoms with Crippen molar-refractivity contribution in [3.63, 3.8) is 0 Å². The third-order valence-corrected chi connectivity index (χ3v) is 2.78. The summed E-state index contributed by atoms with van der Waals surface area (Å²) in [7, 11) is 0. The number of aliphatic hydroxyl groups excluding tert-OH is 2. The van der Waals surface area contributed by atoms with Crippen LogP contribution in [0, 0.1) is 20.2 Å². The quantitative estimate of drug-likeness (QED) is 0.468. The first-order valence-corrected chi connectivity index (χ1v) is 5.40. The highest BCUT2D eigenvalue weighted by Gasteiger charge is 2.26. The van der Waals surface area contributed by atoms with E-state index in [1.807, 2.05) is 0 Å². The van der Waals surface area contributed by atoms with Gasteiger partial charge in [-0.1, -0.05) is 0 Å². The second-order valence-electron chi connectivity index (χ2n) is 4.12. The van der Waals surface area contributed by atoms with Gasteiger partial charge in [0, 0.05) is 23.7 Å². The molecule has 0 aliphatic carbocycles. The van der Waals surface area contributed by atoms with Gasteiger partial charge in [0.15, 0.2) is 0 Å². The van der Waals surface area contributed by atoms with E-state index in [1.165, 1.54) is 13.8 Å². The summed E-state index contributed by atoms with van der Waals surface area (Å²) in [5.41, 5.74) is 0. The van der Waals surface area contributed by atoms with Crippen LogP contribution in [0.3, 0.4) is 0 Å². The summed E-state index contributed by atoms with van der Waals surface area (Å²) in [6.07, 6.45) is -1.60. The fourth-order valence-electron chi connectivity index (χ4n) is 1.30. The Morgan fingerprint density at radius 3 is 1.47 bits per heavy atom. The largest absolute Gasteiger partial charge is 0.386 e. The van der Waals surface area contributed by atoms with Crippen molar-refractivity contribution in [2.75, 3.05) is 0 Å². The second kappa shape index (κ2) is 7.13. The van der Waals surface area contributed by atoms with Gasteiger partial charge in [-0.05, 0) is 19.3 Å². The predicted octanol–water partition coefficient (Wildman–Crippen LogP) is 0.209. The van der Waals surface area contributed by atoms with Crippen LogP contribution in [0.2, 0.25) is 0 Å². The maximum Gasteiger partial charge on any atom is 0.235 e. The highest BCUT2D eigenvalue weighted by molar-refractivity contribution is 4.67. The molecule has 4 unspecified atom stereocenters. The summed E-state index contributed by atoms with van der Waals surface area (Å²) in [5.74, 6) is 0. The molecular formula is C9H18N2O6. The third kappa shape index (κ3) is 5.55. The average Bonchev–Trinajstić information content (AvgIpc) is 2.26. The van der Waals surface area contributed by atoms with Gasteiger partial charge in [-0.2, -0.15) is 0 Å². The Balaban J connectivity index is 3.91. The Labute approximate surface area is 98.6 Å². The molecular weight excluding hydrogens is 232 g/mol. The molecule has 0 amide bonds. The molecule has 0 fully saturated rings. The van der Waals surface area contributed by atoms with Crippen molar-refractivity contribution in [1.29, 1.82) is 0 Å². The average molecular weight is 250 g/mol. The van der Waals surface area contributed by atoms with Crippen molar-refractivity contribution < 1.29 is 20.1 Å². The lowest BCUT2D eigenvalue weighted by atomic mass is 10.0. The van der Waals surface area contributed by atoms with Crippen LogP contribution in [-0.4, -0.2) is 44.4 Å². The smallest absolute Gasteiger partial charge is 0.235 e. The molecule has 0 aliphatic rings. The summed E-state index contributed by atoms with van der Waals surface area (Å²) in [5, 5.41) is 39.5. The lowest BCUT2D eigenvalue weighted by Gasteiger charge is -2.14. The van der Waals surface area contributed by atoms with Crippen LogP contribution in [0.15, 0.2) is 0 Å². The van der Waals surface area contributed by atoms with E-state index in [1.54, 1.807) is 0 Å². The molecule has 0 bridgehead atoms. The second-order valence-corrected chi connectivity index (χ2v) is 4.12. The Hall–Kier alpha value is -1.28. The topological polar surface area (TPSA) is 127 Å². The molecule has 4 atom stereocenters. The minimum atomic E-state index is -1.09. The predicted molar refractivity (Wildman–Crippen MR) is 58.8 cm³/mol. The van der Waals surface area contributed by atoms with Gasteiger partial charge in [-0.25, -0.2) is 0 Å². The molecule has 0 rings (SSSR count). The normalized spacial score (nSPS) is 18.1. The summed E-state index contributed by atoms with van der Waals surface area (Å²) in [4.78, 5) is 19.5. The van der Waals surface area contributed by atoms with E-state index in [0.29, 0.717) is 6.42 Å². The van der Waals surface area contributed by atoms with Gasteiger partial charge in [-0.3, -0.25) is 20.2 Å². The van der Waals surface area contributed by atoms with E-state index in [-0.39, 0.29) is 12.8 Å². The molecule has 0 heterocycles. The molecule has 17 heavy (non-hydrogen) atoms. The van der Waals surface area contributed by atoms with E-state index in [4.69, 9.17) is 0 Å². The Bertz CT molecular complexity index is 246. The summed E-state index contributed by atoms with van der Waals surface area (Å²) in [6.45, 7) is 2.58. The van der Waals surface area contributed by atoms with Crippen LogP contribution < -0.4 is 0 Å². The van der Waals surface area contributed by atoms with Crippen molar-refractivity contribution in [3.05, 3.63) is 20.2 Å². The molecule has 8 nitrogen and oxygen atoms in total. The standard InChI is InChI=1S/C9H18N2O6/c1-6(10(14)15)8(12)4-3-5-9(13)7(2)11(16)17/h6-9,12-13H,3-5H2,1-2H3. The molecule has 0 saturated carbocycles. The maximum absolute atomic E-state index is 10.3. The number of nitrogens with zero attached hydrogens (tertiary/aromatic N) is 2. The molecule has 0 aromatic heterocycles. The van der Waals surface area contributed by atoms with Crippen molar-refractivity contribution in [3.8, 4) is 0 Å². The number of hydrogen-bond acceptors (Lipinski definition) is 6. The molecule has 0 spiro atoms. The first-order chi connectivity index (χ1) is 7.77. The SMILES string of the molecule is CC(C(O)CCCC(O)C(C)[N+](=O)[O-])[N+](=O)[O-]. The third-order valence-electron chi connectivity index (χ3n) is 2.78. The Morgan fingerprint density at radius 1 is 0.941 bits per heavy atom. The van der Waals surface area contributed by atoms with Gasteiger partial charge in [0.05, 0.1) is 0 Å². The molecule has 2 N–H and O–H groups in total. The van der Waals surface area contributed by atoms with Crippen LogP contribution in [0.25, 0.3) is 0 Å². The fraction of sp³-hybridized carbons (Fsp3) is 1.00. The van der Waals surface area contributed by atoms with Gasteiger partial charge in [0.25, 0.3) is 0 Å². The molecule has 0 aromatic rings. The highest BCUT2D eigenvalue weighted by Crippen LogP contribution is 2.11. The first-order valence-electron chi connectivity index (χ1n) is 5.40. The lowest BCUT2D eigenvalue weighted by Crippen LogP contribution is -2.32. The van der Waals surface area contributed by atoms with E-state index in [9.17, 15) is 30.4 Å². The number of aliphatic hydroxyl groups is 2. The Morgan fingerprint density at radius 2 is 1.24 bits per heavy atom. The van der Waals surface area contributed by atoms with Crippen LogP contribution in [0.5, 0.6) is 0 Å². The monoisotopic (exact) mass is 250 g/mol. The van der Waals surface area contributed by atoms with Crippen LogP contribution >= 0.6 is 0 Å². The van der Waals surface area contributed by atoms with E-state index in [0.717, 1.165) is 0 Å². The van der Waals surface area contributed by atoms with E-state index in [2.05, 4.69) is 0 Å². The van der Waals surface area contributed by atoms with Crippen molar-refractivity contribution >= 4 is 0 Å². The van der Waals surface area contributed by atoms with E-state index < -0.39 is 34.1 Å². The van der Waals surface area contributed by atoms with Crippen LogP contribution in [0.4, 0.5) is 0 Å². The van der Waals surface area contributed by atoms with Crippen molar-refractivity contribution in [2.24, 2.45) is 0 Å². The summed E-state index contributed by atoms with van der Waals surface area (Å²) >= 11 is 0. The number of hydrogen-bond donors (Lipinski definition) is 2. The molecule has 0 aromatic carbocycles. The zero-order chi connectivity index (χ0) is 13.6. The molecule has 0 radical (unpaired) electrons. The molecule has 0 saturated heterocycles. The zero-order valence-corrected chi connectivity index (χ0v) is 9.85. The van der Waals surface area contributed by atoms with Crippen molar-refractivity contribution in [1.82, 2.24) is 0 Å². The lowest BCUT2D eigenvalue weighted by molar-refractivity contribution is -0.531. The fourth-order valence-corrected chi connectivity index (χ4v) is 1.30. The van der Waals surface area contributed by atoms with Gasteiger partial charge in [-0.15, -0.1) is 0 Å².